The summed E-state index contributed by atoms with van der Waals surface area (Å²) in [5.41, 5.74) is 3.20. The minimum absolute atomic E-state index is 0.0733. The van der Waals surface area contributed by atoms with Gasteiger partial charge in [0.25, 0.3) is 0 Å². The number of rotatable bonds is 2. The van der Waals surface area contributed by atoms with Gasteiger partial charge >= 0.3 is 6.03 Å². The number of nitriles is 1. The summed E-state index contributed by atoms with van der Waals surface area (Å²) in [6.07, 6.45) is 3.91. The molecule has 1 aliphatic carbocycles. The summed E-state index contributed by atoms with van der Waals surface area (Å²) in [5.74, 6) is 0.0733. The van der Waals surface area contributed by atoms with Gasteiger partial charge in [-0.2, -0.15) is 5.26 Å². The zero-order valence-corrected chi connectivity index (χ0v) is 14.1. The number of amides is 3. The summed E-state index contributed by atoms with van der Waals surface area (Å²) in [4.78, 5) is 24.6. The SMILES string of the molecule is N#Cc1ccc(NC(=O)Nc2ccc3c(c2)NC(=O)C32CCCC2)cc1. The minimum atomic E-state index is -0.380. The monoisotopic (exact) mass is 346 g/mol. The molecule has 0 atom stereocenters. The fraction of sp³-hybridized carbons (Fsp3) is 0.250. The van der Waals surface area contributed by atoms with E-state index in [9.17, 15) is 9.59 Å². The molecular weight excluding hydrogens is 328 g/mol. The van der Waals surface area contributed by atoms with Gasteiger partial charge in [0.1, 0.15) is 0 Å². The van der Waals surface area contributed by atoms with E-state index in [0.717, 1.165) is 36.9 Å². The highest BCUT2D eigenvalue weighted by molar-refractivity contribution is 6.07. The van der Waals surface area contributed by atoms with Crippen LogP contribution in [0.4, 0.5) is 21.9 Å². The molecule has 1 fully saturated rings. The molecule has 0 aromatic heterocycles. The van der Waals surface area contributed by atoms with E-state index in [-0.39, 0.29) is 17.4 Å². The summed E-state index contributed by atoms with van der Waals surface area (Å²) in [6.45, 7) is 0. The molecule has 1 spiro atoms. The van der Waals surface area contributed by atoms with Gasteiger partial charge in [-0.1, -0.05) is 18.9 Å². The molecule has 2 aliphatic rings. The predicted octanol–water partition coefficient (Wildman–Crippen LogP) is 3.97. The van der Waals surface area contributed by atoms with Gasteiger partial charge in [-0.05, 0) is 54.8 Å². The molecule has 4 rings (SSSR count). The molecule has 6 heteroatoms. The highest BCUT2D eigenvalue weighted by atomic mass is 16.2. The van der Waals surface area contributed by atoms with Crippen LogP contribution in [0.1, 0.15) is 36.8 Å². The second kappa shape index (κ2) is 6.19. The van der Waals surface area contributed by atoms with Gasteiger partial charge in [-0.3, -0.25) is 4.79 Å². The van der Waals surface area contributed by atoms with E-state index < -0.39 is 0 Å². The largest absolute Gasteiger partial charge is 0.325 e. The van der Waals surface area contributed by atoms with E-state index in [0.29, 0.717) is 16.9 Å². The van der Waals surface area contributed by atoms with E-state index >= 15 is 0 Å². The summed E-state index contributed by atoms with van der Waals surface area (Å²) in [6, 6.07) is 13.9. The van der Waals surface area contributed by atoms with E-state index in [1.807, 2.05) is 18.2 Å². The van der Waals surface area contributed by atoms with Crippen LogP contribution in [0.5, 0.6) is 0 Å². The number of carbonyl (C=O) groups excluding carboxylic acids is 2. The van der Waals surface area contributed by atoms with Crippen LogP contribution in [0.25, 0.3) is 0 Å². The van der Waals surface area contributed by atoms with Crippen LogP contribution < -0.4 is 16.0 Å². The Morgan fingerprint density at radius 3 is 2.38 bits per heavy atom. The van der Waals surface area contributed by atoms with E-state index in [1.165, 1.54) is 0 Å². The third-order valence-electron chi connectivity index (χ3n) is 5.20. The summed E-state index contributed by atoms with van der Waals surface area (Å²) >= 11 is 0. The third-order valence-corrected chi connectivity index (χ3v) is 5.20. The van der Waals surface area contributed by atoms with Gasteiger partial charge in [0.15, 0.2) is 0 Å². The first-order valence-corrected chi connectivity index (χ1v) is 8.65. The van der Waals surface area contributed by atoms with Crippen molar-refractivity contribution < 1.29 is 9.59 Å². The van der Waals surface area contributed by atoms with Crippen molar-refractivity contribution in [2.45, 2.75) is 31.1 Å². The van der Waals surface area contributed by atoms with Crippen molar-refractivity contribution in [1.82, 2.24) is 0 Å². The van der Waals surface area contributed by atoms with Crippen LogP contribution in [-0.2, 0) is 10.2 Å². The maximum Gasteiger partial charge on any atom is 0.323 e. The Labute approximate surface area is 151 Å². The summed E-state index contributed by atoms with van der Waals surface area (Å²) < 4.78 is 0. The average Bonchev–Trinajstić information content (AvgIpc) is 3.22. The highest BCUT2D eigenvalue weighted by Gasteiger charge is 2.48. The maximum atomic E-state index is 12.4. The normalized spacial score (nSPS) is 16.7. The maximum absolute atomic E-state index is 12.4. The lowest BCUT2D eigenvalue weighted by Crippen LogP contribution is -2.30. The lowest BCUT2D eigenvalue weighted by Gasteiger charge is -2.20. The Balaban J connectivity index is 1.48. The van der Waals surface area contributed by atoms with E-state index in [2.05, 4.69) is 16.0 Å². The molecule has 0 bridgehead atoms. The molecule has 0 saturated heterocycles. The molecule has 3 N–H and O–H groups in total. The fourth-order valence-corrected chi connectivity index (χ4v) is 3.90. The Bertz CT molecular complexity index is 922. The molecule has 1 saturated carbocycles. The zero-order valence-electron chi connectivity index (χ0n) is 14.1. The molecule has 0 unspecified atom stereocenters. The van der Waals surface area contributed by atoms with Crippen molar-refractivity contribution >= 4 is 29.0 Å². The van der Waals surface area contributed by atoms with Crippen LogP contribution in [-0.4, -0.2) is 11.9 Å². The number of hydrogen-bond acceptors (Lipinski definition) is 3. The third kappa shape index (κ3) is 2.68. The van der Waals surface area contributed by atoms with Gasteiger partial charge in [-0.25, -0.2) is 4.79 Å². The first-order valence-electron chi connectivity index (χ1n) is 8.65. The Kier molecular flexibility index (Phi) is 3.85. The van der Waals surface area contributed by atoms with Crippen LogP contribution in [0.15, 0.2) is 42.5 Å². The smallest absolute Gasteiger partial charge is 0.323 e. The lowest BCUT2D eigenvalue weighted by molar-refractivity contribution is -0.120. The van der Waals surface area contributed by atoms with Gasteiger partial charge in [-0.15, -0.1) is 0 Å². The molecular formula is C20H18N4O2. The standard InChI is InChI=1S/C20H18N4O2/c21-12-13-3-5-14(6-4-13)22-19(26)23-15-7-8-16-17(11-15)24-18(25)20(16)9-1-2-10-20/h3-8,11H,1-2,9-10H2,(H,24,25)(H2,22,23,26). The molecule has 26 heavy (non-hydrogen) atoms. The second-order valence-corrected chi connectivity index (χ2v) is 6.77. The number of urea groups is 1. The first kappa shape index (κ1) is 16.2. The average molecular weight is 346 g/mol. The molecule has 6 nitrogen and oxygen atoms in total. The van der Waals surface area contributed by atoms with Crippen molar-refractivity contribution in [1.29, 1.82) is 5.26 Å². The van der Waals surface area contributed by atoms with Crippen molar-refractivity contribution in [2.75, 3.05) is 16.0 Å². The number of benzene rings is 2. The van der Waals surface area contributed by atoms with Crippen LogP contribution in [0, 0.1) is 11.3 Å². The number of nitrogens with zero attached hydrogens (tertiary/aromatic N) is 1. The number of fused-ring (bicyclic) bond motifs is 2. The number of anilines is 3. The van der Waals surface area contributed by atoms with Crippen LogP contribution in [0.3, 0.4) is 0 Å². The van der Waals surface area contributed by atoms with Crippen LogP contribution in [0.2, 0.25) is 0 Å². The molecule has 1 aliphatic heterocycles. The van der Waals surface area contributed by atoms with Gasteiger partial charge in [0.05, 0.1) is 17.0 Å². The van der Waals surface area contributed by atoms with Crippen LogP contribution >= 0.6 is 0 Å². The first-order chi connectivity index (χ1) is 12.6. The number of hydrogen-bond donors (Lipinski definition) is 3. The molecule has 2 aromatic rings. The van der Waals surface area contributed by atoms with Crippen molar-refractivity contribution in [3.63, 3.8) is 0 Å². The Morgan fingerprint density at radius 2 is 1.69 bits per heavy atom. The van der Waals surface area contributed by atoms with Crippen molar-refractivity contribution in [2.24, 2.45) is 0 Å². The number of nitrogens with one attached hydrogen (secondary N) is 3. The molecule has 0 radical (unpaired) electrons. The minimum Gasteiger partial charge on any atom is -0.325 e. The van der Waals surface area contributed by atoms with Crippen molar-refractivity contribution in [3.05, 3.63) is 53.6 Å². The second-order valence-electron chi connectivity index (χ2n) is 6.77. The summed E-state index contributed by atoms with van der Waals surface area (Å²) in [5, 5.41) is 17.3. The summed E-state index contributed by atoms with van der Waals surface area (Å²) in [7, 11) is 0. The molecule has 1 heterocycles. The topological polar surface area (TPSA) is 94.0 Å². The van der Waals surface area contributed by atoms with E-state index in [4.69, 9.17) is 5.26 Å². The quantitative estimate of drug-likeness (QED) is 0.768. The fourth-order valence-electron chi connectivity index (χ4n) is 3.90. The highest BCUT2D eigenvalue weighted by Crippen LogP contribution is 2.49. The molecule has 2 aromatic carbocycles. The lowest BCUT2D eigenvalue weighted by atomic mass is 9.80. The molecule has 3 amide bonds. The van der Waals surface area contributed by atoms with Gasteiger partial charge < -0.3 is 16.0 Å². The van der Waals surface area contributed by atoms with E-state index in [1.54, 1.807) is 30.3 Å². The Hall–Kier alpha value is -3.33. The Morgan fingerprint density at radius 1 is 1.04 bits per heavy atom. The number of carbonyl (C=O) groups is 2. The van der Waals surface area contributed by atoms with Gasteiger partial charge in [0, 0.05) is 17.1 Å². The molecule has 130 valence electrons. The zero-order chi connectivity index (χ0) is 18.1. The van der Waals surface area contributed by atoms with Gasteiger partial charge in [0.2, 0.25) is 5.91 Å². The van der Waals surface area contributed by atoms with Crippen molar-refractivity contribution in [3.8, 4) is 6.07 Å². The predicted molar refractivity (Wildman–Crippen MR) is 99.0 cm³/mol.